The maximum Gasteiger partial charge on any atom is 0.273 e. The number of fused-ring (bicyclic) bond motifs is 1. The van der Waals surface area contributed by atoms with E-state index in [-0.39, 0.29) is 16.4 Å². The van der Waals surface area contributed by atoms with Gasteiger partial charge in [0.1, 0.15) is 11.2 Å². The molecule has 2 aromatic carbocycles. The van der Waals surface area contributed by atoms with E-state index in [1.165, 1.54) is 29.8 Å². The summed E-state index contributed by atoms with van der Waals surface area (Å²) in [4.78, 5) is 19.3. The molecule has 4 rings (SSSR count). The van der Waals surface area contributed by atoms with Crippen molar-refractivity contribution in [2.75, 3.05) is 4.72 Å². The van der Waals surface area contributed by atoms with Crippen molar-refractivity contribution in [1.82, 2.24) is 9.97 Å². The molecular formula is C19H14N4O4S2. The number of nitro groups is 1. The van der Waals surface area contributed by atoms with E-state index in [0.29, 0.717) is 15.8 Å². The minimum atomic E-state index is -4.09. The molecule has 146 valence electrons. The Morgan fingerprint density at radius 1 is 1.10 bits per heavy atom. The summed E-state index contributed by atoms with van der Waals surface area (Å²) in [5, 5.41) is 13.6. The minimum absolute atomic E-state index is 0.123. The third-order valence-corrected chi connectivity index (χ3v) is 6.60. The molecule has 0 saturated carbocycles. The quantitative estimate of drug-likeness (QED) is 0.374. The van der Waals surface area contributed by atoms with Gasteiger partial charge in [0.25, 0.3) is 15.7 Å². The number of rotatable bonds is 5. The molecule has 0 aliphatic carbocycles. The zero-order chi connectivity index (χ0) is 20.6. The average molecular weight is 426 g/mol. The van der Waals surface area contributed by atoms with Crippen LogP contribution in [-0.2, 0) is 10.0 Å². The number of thiophene rings is 1. The molecule has 1 N–H and O–H groups in total. The van der Waals surface area contributed by atoms with Gasteiger partial charge in [-0.1, -0.05) is 36.4 Å². The van der Waals surface area contributed by atoms with Gasteiger partial charge in [0.2, 0.25) is 0 Å². The summed E-state index contributed by atoms with van der Waals surface area (Å²) in [7, 11) is -4.09. The standard InChI is InChI=1S/C19H14N4O4S2/c1-12-7-8-14(9-16(12)23(24)25)29(26,27)22-18-17-15(13-5-3-2-4-6-13)10-28-19(17)21-11-20-18/h2-11H,1H3,(H,20,21,22). The zero-order valence-corrected chi connectivity index (χ0v) is 16.7. The fraction of sp³-hybridized carbons (Fsp3) is 0.0526. The molecule has 4 aromatic rings. The molecule has 0 aliphatic heterocycles. The van der Waals surface area contributed by atoms with E-state index < -0.39 is 14.9 Å². The van der Waals surface area contributed by atoms with Gasteiger partial charge < -0.3 is 0 Å². The van der Waals surface area contributed by atoms with Crippen LogP contribution in [0.4, 0.5) is 11.5 Å². The number of hydrogen-bond acceptors (Lipinski definition) is 7. The molecule has 2 heterocycles. The Kier molecular flexibility index (Phi) is 4.73. The van der Waals surface area contributed by atoms with Crippen LogP contribution < -0.4 is 4.72 Å². The van der Waals surface area contributed by atoms with Crippen LogP contribution in [0.25, 0.3) is 21.3 Å². The number of aryl methyl sites for hydroxylation is 1. The Bertz CT molecular complexity index is 1340. The second-order valence-corrected chi connectivity index (χ2v) is 8.77. The molecule has 0 aliphatic rings. The van der Waals surface area contributed by atoms with Gasteiger partial charge in [0.05, 0.1) is 15.2 Å². The predicted octanol–water partition coefficient (Wildman–Crippen LogP) is 4.38. The molecule has 0 fully saturated rings. The first-order valence-corrected chi connectivity index (χ1v) is 10.8. The molecule has 10 heteroatoms. The topological polar surface area (TPSA) is 115 Å². The summed E-state index contributed by atoms with van der Waals surface area (Å²) in [6, 6.07) is 13.3. The molecule has 0 spiro atoms. The third-order valence-electron chi connectivity index (χ3n) is 4.37. The van der Waals surface area contributed by atoms with Gasteiger partial charge in [-0.05, 0) is 18.6 Å². The first kappa shape index (κ1) is 19.0. The average Bonchev–Trinajstić information content (AvgIpc) is 3.13. The lowest BCUT2D eigenvalue weighted by Gasteiger charge is -2.10. The Balaban J connectivity index is 1.81. The number of nitro benzene ring substituents is 1. The van der Waals surface area contributed by atoms with Crippen molar-refractivity contribution in [1.29, 1.82) is 0 Å². The molecule has 0 atom stereocenters. The van der Waals surface area contributed by atoms with Crippen molar-refractivity contribution in [2.45, 2.75) is 11.8 Å². The van der Waals surface area contributed by atoms with Crippen LogP contribution in [0.3, 0.4) is 0 Å². The summed E-state index contributed by atoms with van der Waals surface area (Å²) >= 11 is 1.38. The third kappa shape index (κ3) is 3.55. The fourth-order valence-corrected chi connectivity index (χ4v) is 4.88. The highest BCUT2D eigenvalue weighted by atomic mass is 32.2. The monoisotopic (exact) mass is 426 g/mol. The smallest absolute Gasteiger partial charge is 0.263 e. The van der Waals surface area contributed by atoms with Crippen molar-refractivity contribution >= 4 is 43.1 Å². The highest BCUT2D eigenvalue weighted by molar-refractivity contribution is 7.92. The fourth-order valence-electron chi connectivity index (χ4n) is 2.92. The number of sulfonamides is 1. The first-order valence-electron chi connectivity index (χ1n) is 8.42. The number of nitrogens with one attached hydrogen (secondary N) is 1. The number of aromatic nitrogens is 2. The Labute approximate surface area is 170 Å². The van der Waals surface area contributed by atoms with Gasteiger partial charge in [0, 0.05) is 22.6 Å². The van der Waals surface area contributed by atoms with Crippen molar-refractivity contribution in [3.05, 3.63) is 75.9 Å². The second kappa shape index (κ2) is 7.22. The highest BCUT2D eigenvalue weighted by Gasteiger charge is 2.22. The van der Waals surface area contributed by atoms with Gasteiger partial charge in [-0.15, -0.1) is 11.3 Å². The van der Waals surface area contributed by atoms with E-state index in [0.717, 1.165) is 17.2 Å². The largest absolute Gasteiger partial charge is 0.273 e. The van der Waals surface area contributed by atoms with Crippen LogP contribution in [0.15, 0.2) is 65.1 Å². The summed E-state index contributed by atoms with van der Waals surface area (Å²) < 4.78 is 28.3. The van der Waals surface area contributed by atoms with E-state index >= 15 is 0 Å². The molecule has 0 bridgehead atoms. The van der Waals surface area contributed by atoms with Crippen molar-refractivity contribution in [2.24, 2.45) is 0 Å². The molecule has 8 nitrogen and oxygen atoms in total. The molecule has 0 amide bonds. The molecule has 2 aromatic heterocycles. The molecule has 0 radical (unpaired) electrons. The summed E-state index contributed by atoms with van der Waals surface area (Å²) in [5.41, 5.74) is 1.82. The summed E-state index contributed by atoms with van der Waals surface area (Å²) in [6.45, 7) is 1.55. The van der Waals surface area contributed by atoms with Crippen molar-refractivity contribution < 1.29 is 13.3 Å². The normalized spacial score (nSPS) is 11.5. The van der Waals surface area contributed by atoms with Gasteiger partial charge in [-0.2, -0.15) is 0 Å². The zero-order valence-electron chi connectivity index (χ0n) is 15.1. The minimum Gasteiger partial charge on any atom is -0.263 e. The van der Waals surface area contributed by atoms with Crippen LogP contribution in [0.2, 0.25) is 0 Å². The molecule has 0 unspecified atom stereocenters. The maximum absolute atomic E-state index is 12.9. The number of nitrogens with zero attached hydrogens (tertiary/aromatic N) is 3. The van der Waals surface area contributed by atoms with Crippen LogP contribution in [0.1, 0.15) is 5.56 Å². The van der Waals surface area contributed by atoms with Gasteiger partial charge in [0.15, 0.2) is 5.82 Å². The molecule has 29 heavy (non-hydrogen) atoms. The van der Waals surface area contributed by atoms with E-state index in [1.807, 2.05) is 35.7 Å². The lowest BCUT2D eigenvalue weighted by molar-refractivity contribution is -0.385. The van der Waals surface area contributed by atoms with E-state index in [9.17, 15) is 18.5 Å². The van der Waals surface area contributed by atoms with Gasteiger partial charge >= 0.3 is 0 Å². The summed E-state index contributed by atoms with van der Waals surface area (Å²) in [6.07, 6.45) is 1.28. The Hall–Kier alpha value is -3.37. The van der Waals surface area contributed by atoms with Crippen LogP contribution in [0.5, 0.6) is 0 Å². The van der Waals surface area contributed by atoms with Crippen LogP contribution >= 0.6 is 11.3 Å². The Morgan fingerprint density at radius 3 is 2.59 bits per heavy atom. The molecule has 0 saturated heterocycles. The SMILES string of the molecule is Cc1ccc(S(=O)(=O)Nc2ncnc3scc(-c4ccccc4)c23)cc1[N+](=O)[O-]. The lowest BCUT2D eigenvalue weighted by Crippen LogP contribution is -2.14. The van der Waals surface area contributed by atoms with Crippen molar-refractivity contribution in [3.8, 4) is 11.1 Å². The molecular weight excluding hydrogens is 412 g/mol. The van der Waals surface area contributed by atoms with Gasteiger partial charge in [-0.25, -0.2) is 18.4 Å². The van der Waals surface area contributed by atoms with E-state index in [2.05, 4.69) is 14.7 Å². The van der Waals surface area contributed by atoms with E-state index in [4.69, 9.17) is 0 Å². The first-order chi connectivity index (χ1) is 13.9. The number of hydrogen-bond donors (Lipinski definition) is 1. The number of benzene rings is 2. The maximum atomic E-state index is 12.9. The second-order valence-electron chi connectivity index (χ2n) is 6.23. The lowest BCUT2D eigenvalue weighted by atomic mass is 10.1. The predicted molar refractivity (Wildman–Crippen MR) is 111 cm³/mol. The number of anilines is 1. The van der Waals surface area contributed by atoms with Crippen LogP contribution in [-0.4, -0.2) is 23.3 Å². The van der Waals surface area contributed by atoms with Crippen LogP contribution in [0, 0.1) is 17.0 Å². The van der Waals surface area contributed by atoms with E-state index in [1.54, 1.807) is 6.92 Å². The summed E-state index contributed by atoms with van der Waals surface area (Å²) in [5.74, 6) is 0.123. The van der Waals surface area contributed by atoms with Crippen molar-refractivity contribution in [3.63, 3.8) is 0 Å². The van der Waals surface area contributed by atoms with Gasteiger partial charge in [-0.3, -0.25) is 14.8 Å². The Morgan fingerprint density at radius 2 is 1.86 bits per heavy atom. The highest BCUT2D eigenvalue weighted by Crippen LogP contribution is 2.37.